The lowest BCUT2D eigenvalue weighted by Crippen LogP contribution is -2.46. The molecule has 2 rings (SSSR count). The Morgan fingerprint density at radius 1 is 1.15 bits per heavy atom. The Bertz CT molecular complexity index is 531. The molecule has 3 N–H and O–H groups in total. The van der Waals surface area contributed by atoms with Gasteiger partial charge < -0.3 is 11.1 Å². The van der Waals surface area contributed by atoms with Crippen LogP contribution in [0, 0.1) is 0 Å². The lowest BCUT2D eigenvalue weighted by molar-refractivity contribution is 0.331. The smallest absolute Gasteiger partial charge is 0.178 e. The van der Waals surface area contributed by atoms with Crippen LogP contribution in [-0.4, -0.2) is 26.3 Å². The highest BCUT2D eigenvalue weighted by atomic mass is 32.2. The SMILES string of the molecule is CCS(=O)(=O)c1ccc(NC2(CN)CCCCC2)cc1. The van der Waals surface area contributed by atoms with Gasteiger partial charge in [0.1, 0.15) is 0 Å². The molecule has 0 amide bonds. The van der Waals surface area contributed by atoms with E-state index in [9.17, 15) is 8.42 Å². The predicted molar refractivity (Wildman–Crippen MR) is 82.7 cm³/mol. The summed E-state index contributed by atoms with van der Waals surface area (Å²) in [6.07, 6.45) is 5.84. The average molecular weight is 296 g/mol. The largest absolute Gasteiger partial charge is 0.378 e. The summed E-state index contributed by atoms with van der Waals surface area (Å²) < 4.78 is 23.6. The first-order valence-electron chi connectivity index (χ1n) is 7.32. The van der Waals surface area contributed by atoms with Gasteiger partial charge in [-0.15, -0.1) is 0 Å². The predicted octanol–water partition coefficient (Wildman–Crippen LogP) is 2.55. The number of sulfone groups is 1. The zero-order chi connectivity index (χ0) is 14.6. The first kappa shape index (κ1) is 15.3. The van der Waals surface area contributed by atoms with Crippen molar-refractivity contribution in [1.82, 2.24) is 0 Å². The second-order valence-corrected chi connectivity index (χ2v) is 7.88. The van der Waals surface area contributed by atoms with Crippen molar-refractivity contribution < 1.29 is 8.42 Å². The molecule has 0 aromatic heterocycles. The minimum Gasteiger partial charge on any atom is -0.378 e. The fourth-order valence-corrected chi connectivity index (χ4v) is 3.71. The molecule has 0 radical (unpaired) electrons. The second-order valence-electron chi connectivity index (χ2n) is 5.60. The van der Waals surface area contributed by atoms with Gasteiger partial charge in [0, 0.05) is 17.8 Å². The minimum absolute atomic E-state index is 0.0244. The zero-order valence-corrected chi connectivity index (χ0v) is 12.9. The summed E-state index contributed by atoms with van der Waals surface area (Å²) in [7, 11) is -3.12. The van der Waals surface area contributed by atoms with Crippen molar-refractivity contribution in [2.75, 3.05) is 17.6 Å². The molecule has 4 nitrogen and oxygen atoms in total. The van der Waals surface area contributed by atoms with Crippen LogP contribution in [0.1, 0.15) is 39.0 Å². The van der Waals surface area contributed by atoms with Crippen molar-refractivity contribution in [3.05, 3.63) is 24.3 Å². The number of hydrogen-bond donors (Lipinski definition) is 2. The van der Waals surface area contributed by atoms with Crippen LogP contribution in [0.15, 0.2) is 29.2 Å². The molecule has 1 aliphatic rings. The van der Waals surface area contributed by atoms with Crippen LogP contribution in [-0.2, 0) is 9.84 Å². The first-order chi connectivity index (χ1) is 9.51. The van der Waals surface area contributed by atoms with E-state index in [0.717, 1.165) is 18.5 Å². The zero-order valence-electron chi connectivity index (χ0n) is 12.1. The van der Waals surface area contributed by atoms with E-state index in [1.807, 2.05) is 12.1 Å². The molecule has 1 aromatic carbocycles. The summed E-state index contributed by atoms with van der Waals surface area (Å²) in [5.74, 6) is 0.131. The highest BCUT2D eigenvalue weighted by Gasteiger charge is 2.30. The highest BCUT2D eigenvalue weighted by Crippen LogP contribution is 2.31. The molecule has 0 heterocycles. The standard InChI is InChI=1S/C15H24N2O2S/c1-2-20(18,19)14-8-6-13(7-9-14)17-15(12-16)10-4-3-5-11-15/h6-9,17H,2-5,10-12,16H2,1H3. The van der Waals surface area contributed by atoms with E-state index in [2.05, 4.69) is 5.32 Å². The lowest BCUT2D eigenvalue weighted by atomic mass is 9.81. The van der Waals surface area contributed by atoms with Gasteiger partial charge in [-0.2, -0.15) is 0 Å². The van der Waals surface area contributed by atoms with E-state index in [0.29, 0.717) is 11.4 Å². The lowest BCUT2D eigenvalue weighted by Gasteiger charge is -2.38. The number of anilines is 1. The fraction of sp³-hybridized carbons (Fsp3) is 0.600. The van der Waals surface area contributed by atoms with E-state index in [-0.39, 0.29) is 11.3 Å². The molecular weight excluding hydrogens is 272 g/mol. The summed E-state index contributed by atoms with van der Waals surface area (Å²) in [5.41, 5.74) is 6.88. The van der Waals surface area contributed by atoms with E-state index in [1.54, 1.807) is 19.1 Å². The highest BCUT2D eigenvalue weighted by molar-refractivity contribution is 7.91. The molecule has 0 bridgehead atoms. The van der Waals surface area contributed by atoms with Crippen LogP contribution in [0.2, 0.25) is 0 Å². The third-order valence-electron chi connectivity index (χ3n) is 4.20. The maximum absolute atomic E-state index is 11.8. The van der Waals surface area contributed by atoms with Gasteiger partial charge in [-0.05, 0) is 37.1 Å². The van der Waals surface area contributed by atoms with E-state index in [1.165, 1.54) is 19.3 Å². The average Bonchev–Trinajstić information content (AvgIpc) is 2.49. The molecule has 112 valence electrons. The molecule has 1 saturated carbocycles. The van der Waals surface area contributed by atoms with Crippen LogP contribution in [0.3, 0.4) is 0 Å². The molecule has 0 spiro atoms. The molecular formula is C15H24N2O2S. The Balaban J connectivity index is 2.14. The van der Waals surface area contributed by atoms with Gasteiger partial charge >= 0.3 is 0 Å². The number of benzene rings is 1. The van der Waals surface area contributed by atoms with Gasteiger partial charge in [-0.25, -0.2) is 8.42 Å². The summed E-state index contributed by atoms with van der Waals surface area (Å²) in [6.45, 7) is 2.27. The Hall–Kier alpha value is -1.07. The van der Waals surface area contributed by atoms with Crippen molar-refractivity contribution in [3.63, 3.8) is 0 Å². The van der Waals surface area contributed by atoms with Crippen LogP contribution in [0.25, 0.3) is 0 Å². The Labute approximate surface area is 121 Å². The Morgan fingerprint density at radius 2 is 1.75 bits per heavy atom. The topological polar surface area (TPSA) is 72.2 Å². The maximum Gasteiger partial charge on any atom is 0.178 e. The van der Waals surface area contributed by atoms with E-state index < -0.39 is 9.84 Å². The van der Waals surface area contributed by atoms with Crippen LogP contribution in [0.4, 0.5) is 5.69 Å². The van der Waals surface area contributed by atoms with E-state index >= 15 is 0 Å². The third-order valence-corrected chi connectivity index (χ3v) is 5.95. The van der Waals surface area contributed by atoms with Crippen LogP contribution >= 0.6 is 0 Å². The van der Waals surface area contributed by atoms with Gasteiger partial charge in [0.05, 0.1) is 10.6 Å². The monoisotopic (exact) mass is 296 g/mol. The quantitative estimate of drug-likeness (QED) is 0.876. The summed E-state index contributed by atoms with van der Waals surface area (Å²) in [4.78, 5) is 0.385. The summed E-state index contributed by atoms with van der Waals surface area (Å²) in [6, 6.07) is 7.03. The van der Waals surface area contributed by atoms with Crippen molar-refractivity contribution >= 4 is 15.5 Å². The molecule has 1 fully saturated rings. The molecule has 0 atom stereocenters. The molecule has 0 aliphatic heterocycles. The summed E-state index contributed by atoms with van der Waals surface area (Å²) >= 11 is 0. The van der Waals surface area contributed by atoms with Crippen molar-refractivity contribution in [1.29, 1.82) is 0 Å². The van der Waals surface area contributed by atoms with Crippen molar-refractivity contribution in [3.8, 4) is 0 Å². The Morgan fingerprint density at radius 3 is 2.25 bits per heavy atom. The molecule has 1 aromatic rings. The second kappa shape index (κ2) is 6.14. The number of rotatable bonds is 5. The maximum atomic E-state index is 11.8. The fourth-order valence-electron chi connectivity index (χ4n) is 2.83. The Kier molecular flexibility index (Phi) is 4.70. The molecule has 20 heavy (non-hydrogen) atoms. The third kappa shape index (κ3) is 3.33. The van der Waals surface area contributed by atoms with Crippen molar-refractivity contribution in [2.24, 2.45) is 5.73 Å². The van der Waals surface area contributed by atoms with Gasteiger partial charge in [0.15, 0.2) is 9.84 Å². The van der Waals surface area contributed by atoms with Gasteiger partial charge in [-0.1, -0.05) is 26.2 Å². The minimum atomic E-state index is -3.12. The van der Waals surface area contributed by atoms with Crippen LogP contribution < -0.4 is 11.1 Å². The molecule has 5 heteroatoms. The van der Waals surface area contributed by atoms with Gasteiger partial charge in [-0.3, -0.25) is 0 Å². The number of nitrogens with two attached hydrogens (primary N) is 1. The normalized spacial score (nSPS) is 18.7. The first-order valence-corrected chi connectivity index (χ1v) is 8.98. The summed E-state index contributed by atoms with van der Waals surface area (Å²) in [5, 5.41) is 3.52. The number of hydrogen-bond acceptors (Lipinski definition) is 4. The van der Waals surface area contributed by atoms with E-state index in [4.69, 9.17) is 5.73 Å². The molecule has 0 unspecified atom stereocenters. The number of nitrogens with one attached hydrogen (secondary N) is 1. The molecule has 0 saturated heterocycles. The van der Waals surface area contributed by atoms with Gasteiger partial charge in [0.25, 0.3) is 0 Å². The van der Waals surface area contributed by atoms with Crippen molar-refractivity contribution in [2.45, 2.75) is 49.5 Å². The van der Waals surface area contributed by atoms with Gasteiger partial charge in [0.2, 0.25) is 0 Å². The van der Waals surface area contributed by atoms with Crippen LogP contribution in [0.5, 0.6) is 0 Å². The molecule has 1 aliphatic carbocycles.